The van der Waals surface area contributed by atoms with Gasteiger partial charge in [-0.2, -0.15) is 0 Å². The number of hydrogen-bond donors (Lipinski definition) is 2. The van der Waals surface area contributed by atoms with Crippen molar-refractivity contribution in [3.05, 3.63) is 24.3 Å². The van der Waals surface area contributed by atoms with Crippen molar-refractivity contribution in [3.8, 4) is 17.1 Å². The van der Waals surface area contributed by atoms with Crippen molar-refractivity contribution in [2.45, 2.75) is 5.16 Å². The molecular formula is C14H15N5O3S. The smallest absolute Gasteiger partial charge is 0.324 e. The number of ether oxygens (including phenoxy) is 1. The summed E-state index contributed by atoms with van der Waals surface area (Å²) in [4.78, 5) is 28.9. The number of urea groups is 1. The lowest BCUT2D eigenvalue weighted by Gasteiger charge is -2.10. The Kier molecular flexibility index (Phi) is 4.47. The number of carbonyl (C=O) groups is 2. The molecular weight excluding hydrogens is 318 g/mol. The molecule has 3 rings (SSSR count). The number of nitrogens with zero attached hydrogens (tertiary/aromatic N) is 3. The van der Waals surface area contributed by atoms with E-state index in [1.807, 2.05) is 24.3 Å². The van der Waals surface area contributed by atoms with E-state index in [9.17, 15) is 9.59 Å². The first-order valence-electron chi connectivity index (χ1n) is 6.95. The summed E-state index contributed by atoms with van der Waals surface area (Å²) in [6.07, 6.45) is 0. The zero-order valence-corrected chi connectivity index (χ0v) is 13.2. The molecule has 2 N–H and O–H groups in total. The molecule has 9 heteroatoms. The number of thioether (sulfide) groups is 1. The Hall–Kier alpha value is -2.55. The van der Waals surface area contributed by atoms with Gasteiger partial charge in [0, 0.05) is 18.7 Å². The number of rotatable bonds is 5. The molecule has 0 aliphatic carbocycles. The lowest BCUT2D eigenvalue weighted by Crippen LogP contribution is -2.35. The standard InChI is InChI=1S/C14H15N5O3S/c1-22-10-4-2-9(3-5-10)12-16-13(18-17-12)23-8-11(20)19-7-6-15-14(19)21/h2-5H,6-8H2,1H3,(H,15,21)(H,16,17,18). The number of carbonyl (C=O) groups excluding carboxylic acids is 2. The second kappa shape index (κ2) is 6.69. The van der Waals surface area contributed by atoms with Crippen molar-refractivity contribution in [2.24, 2.45) is 0 Å². The van der Waals surface area contributed by atoms with Crippen molar-refractivity contribution in [1.29, 1.82) is 0 Å². The molecule has 0 radical (unpaired) electrons. The summed E-state index contributed by atoms with van der Waals surface area (Å²) in [7, 11) is 1.61. The quantitative estimate of drug-likeness (QED) is 0.796. The van der Waals surface area contributed by atoms with Gasteiger partial charge in [0.25, 0.3) is 0 Å². The molecule has 2 aromatic rings. The molecule has 0 bridgehead atoms. The minimum Gasteiger partial charge on any atom is -0.497 e. The number of aromatic amines is 1. The Balaban J connectivity index is 1.60. The van der Waals surface area contributed by atoms with Crippen LogP contribution in [0.2, 0.25) is 0 Å². The summed E-state index contributed by atoms with van der Waals surface area (Å²) < 4.78 is 5.11. The maximum Gasteiger partial charge on any atom is 0.324 e. The van der Waals surface area contributed by atoms with Gasteiger partial charge in [0.2, 0.25) is 11.1 Å². The van der Waals surface area contributed by atoms with Crippen LogP contribution in [0.5, 0.6) is 5.75 Å². The molecule has 1 aliphatic heterocycles. The Morgan fingerprint density at radius 2 is 2.17 bits per heavy atom. The summed E-state index contributed by atoms with van der Waals surface area (Å²) in [6, 6.07) is 7.06. The largest absolute Gasteiger partial charge is 0.497 e. The summed E-state index contributed by atoms with van der Waals surface area (Å²) in [5.41, 5.74) is 0.871. The minimum absolute atomic E-state index is 0.118. The molecule has 1 aromatic heterocycles. The molecule has 1 saturated heterocycles. The molecule has 1 aromatic carbocycles. The highest BCUT2D eigenvalue weighted by molar-refractivity contribution is 7.99. The summed E-state index contributed by atoms with van der Waals surface area (Å²) in [6.45, 7) is 0.904. The highest BCUT2D eigenvalue weighted by atomic mass is 32.2. The van der Waals surface area contributed by atoms with Gasteiger partial charge in [-0.05, 0) is 24.3 Å². The van der Waals surface area contributed by atoms with E-state index in [1.165, 1.54) is 16.7 Å². The lowest BCUT2D eigenvalue weighted by atomic mass is 10.2. The van der Waals surface area contributed by atoms with Crippen LogP contribution < -0.4 is 10.1 Å². The molecule has 0 spiro atoms. The molecule has 0 saturated carbocycles. The maximum atomic E-state index is 11.9. The van der Waals surface area contributed by atoms with Crippen LogP contribution in [0.4, 0.5) is 4.79 Å². The molecule has 23 heavy (non-hydrogen) atoms. The fourth-order valence-electron chi connectivity index (χ4n) is 2.10. The van der Waals surface area contributed by atoms with E-state index in [0.717, 1.165) is 11.3 Å². The second-order valence-electron chi connectivity index (χ2n) is 4.76. The third kappa shape index (κ3) is 3.45. The van der Waals surface area contributed by atoms with Crippen LogP contribution in [0.25, 0.3) is 11.4 Å². The predicted octanol–water partition coefficient (Wildman–Crippen LogP) is 1.12. The summed E-state index contributed by atoms with van der Waals surface area (Å²) in [5.74, 6) is 1.24. The van der Waals surface area contributed by atoms with E-state index in [1.54, 1.807) is 7.11 Å². The van der Waals surface area contributed by atoms with Crippen molar-refractivity contribution in [3.63, 3.8) is 0 Å². The zero-order valence-electron chi connectivity index (χ0n) is 12.4. The highest BCUT2D eigenvalue weighted by Gasteiger charge is 2.26. The molecule has 3 amide bonds. The van der Waals surface area contributed by atoms with E-state index in [-0.39, 0.29) is 17.7 Å². The number of aromatic nitrogens is 3. The van der Waals surface area contributed by atoms with E-state index < -0.39 is 0 Å². The van der Waals surface area contributed by atoms with Crippen LogP contribution in [0.3, 0.4) is 0 Å². The topological polar surface area (TPSA) is 100 Å². The van der Waals surface area contributed by atoms with Crippen molar-refractivity contribution in [2.75, 3.05) is 26.0 Å². The van der Waals surface area contributed by atoms with E-state index in [0.29, 0.717) is 24.1 Å². The first-order chi connectivity index (χ1) is 11.2. The van der Waals surface area contributed by atoms with Crippen molar-refractivity contribution < 1.29 is 14.3 Å². The average Bonchev–Trinajstić information content (AvgIpc) is 3.22. The fourth-order valence-corrected chi connectivity index (χ4v) is 2.78. The Morgan fingerprint density at radius 1 is 1.39 bits per heavy atom. The first kappa shape index (κ1) is 15.3. The third-order valence-electron chi connectivity index (χ3n) is 3.31. The average molecular weight is 333 g/mol. The Bertz CT molecular complexity index is 715. The second-order valence-corrected chi connectivity index (χ2v) is 5.70. The number of methoxy groups -OCH3 is 1. The fraction of sp³-hybridized carbons (Fsp3) is 0.286. The number of nitrogens with one attached hydrogen (secondary N) is 2. The van der Waals surface area contributed by atoms with Gasteiger partial charge >= 0.3 is 6.03 Å². The Morgan fingerprint density at radius 3 is 2.83 bits per heavy atom. The van der Waals surface area contributed by atoms with E-state index in [2.05, 4.69) is 20.5 Å². The summed E-state index contributed by atoms with van der Waals surface area (Å²) >= 11 is 1.19. The number of H-pyrrole nitrogens is 1. The molecule has 0 atom stereocenters. The third-order valence-corrected chi connectivity index (χ3v) is 4.14. The zero-order chi connectivity index (χ0) is 16.2. The monoisotopic (exact) mass is 333 g/mol. The molecule has 8 nitrogen and oxygen atoms in total. The number of amides is 3. The van der Waals surface area contributed by atoms with Crippen LogP contribution in [0, 0.1) is 0 Å². The number of imide groups is 1. The van der Waals surface area contributed by atoms with Crippen molar-refractivity contribution in [1.82, 2.24) is 25.4 Å². The highest BCUT2D eigenvalue weighted by Crippen LogP contribution is 2.21. The van der Waals surface area contributed by atoms with Gasteiger partial charge in [0.15, 0.2) is 5.82 Å². The molecule has 2 heterocycles. The van der Waals surface area contributed by atoms with Crippen LogP contribution in [0.1, 0.15) is 0 Å². The predicted molar refractivity (Wildman–Crippen MR) is 84.2 cm³/mol. The molecule has 1 aliphatic rings. The molecule has 0 unspecified atom stereocenters. The van der Waals surface area contributed by atoms with Crippen LogP contribution >= 0.6 is 11.8 Å². The van der Waals surface area contributed by atoms with Crippen LogP contribution in [-0.4, -0.2) is 58.0 Å². The molecule has 1 fully saturated rings. The minimum atomic E-state index is -0.343. The summed E-state index contributed by atoms with van der Waals surface area (Å²) in [5, 5.41) is 9.97. The van der Waals surface area contributed by atoms with E-state index in [4.69, 9.17) is 4.74 Å². The number of hydrogen-bond acceptors (Lipinski definition) is 6. The van der Waals surface area contributed by atoms with Crippen molar-refractivity contribution >= 4 is 23.7 Å². The Labute approximate surface area is 136 Å². The maximum absolute atomic E-state index is 11.9. The van der Waals surface area contributed by atoms with Gasteiger partial charge in [0.1, 0.15) is 5.75 Å². The van der Waals surface area contributed by atoms with Gasteiger partial charge in [-0.3, -0.25) is 14.8 Å². The van der Waals surface area contributed by atoms with Gasteiger partial charge in [-0.25, -0.2) is 9.78 Å². The first-order valence-corrected chi connectivity index (χ1v) is 7.94. The van der Waals surface area contributed by atoms with Gasteiger partial charge in [-0.1, -0.05) is 11.8 Å². The van der Waals surface area contributed by atoms with Gasteiger partial charge < -0.3 is 10.1 Å². The molecule has 120 valence electrons. The SMILES string of the molecule is COc1ccc(-c2nc(SCC(=O)N3CCNC3=O)n[nH]2)cc1. The van der Waals surface area contributed by atoms with Crippen LogP contribution in [-0.2, 0) is 4.79 Å². The number of benzene rings is 1. The normalized spacial score (nSPS) is 14.0. The van der Waals surface area contributed by atoms with E-state index >= 15 is 0 Å². The van der Waals surface area contributed by atoms with Crippen LogP contribution in [0.15, 0.2) is 29.4 Å². The van der Waals surface area contributed by atoms with Gasteiger partial charge in [-0.15, -0.1) is 5.10 Å². The van der Waals surface area contributed by atoms with Gasteiger partial charge in [0.05, 0.1) is 12.9 Å². The lowest BCUT2D eigenvalue weighted by molar-refractivity contribution is -0.124.